The van der Waals surface area contributed by atoms with E-state index in [4.69, 9.17) is 9.47 Å². The number of carbonyl (C=O) groups is 1. The van der Waals surface area contributed by atoms with Gasteiger partial charge < -0.3 is 19.4 Å². The molecular weight excluding hydrogens is 364 g/mol. The molecule has 1 atom stereocenters. The Hall–Kier alpha value is -2.95. The lowest BCUT2D eigenvalue weighted by Crippen LogP contribution is -2.26. The highest BCUT2D eigenvalue weighted by Gasteiger charge is 2.25. The minimum atomic E-state index is -0.0520. The number of para-hydroxylation sites is 1. The maximum atomic E-state index is 12.7. The van der Waals surface area contributed by atoms with E-state index >= 15 is 0 Å². The molecule has 0 spiro atoms. The van der Waals surface area contributed by atoms with Crippen molar-refractivity contribution in [3.63, 3.8) is 0 Å². The van der Waals surface area contributed by atoms with Crippen molar-refractivity contribution < 1.29 is 14.3 Å². The second-order valence-electron chi connectivity index (χ2n) is 7.46. The lowest BCUT2D eigenvalue weighted by molar-refractivity contribution is -0.121. The van der Waals surface area contributed by atoms with E-state index in [1.165, 1.54) is 16.5 Å². The van der Waals surface area contributed by atoms with E-state index in [0.29, 0.717) is 6.42 Å². The number of rotatable bonds is 8. The highest BCUT2D eigenvalue weighted by Crippen LogP contribution is 2.40. The molecule has 2 aromatic carbocycles. The summed E-state index contributed by atoms with van der Waals surface area (Å²) in [5, 5.41) is 4.27. The molecule has 5 nitrogen and oxygen atoms in total. The number of ether oxygens (including phenoxy) is 2. The molecule has 0 fully saturated rings. The lowest BCUT2D eigenvalue weighted by atomic mass is 9.87. The van der Waals surface area contributed by atoms with E-state index in [9.17, 15) is 4.79 Å². The van der Waals surface area contributed by atoms with Crippen LogP contribution in [0.5, 0.6) is 11.5 Å². The molecule has 152 valence electrons. The van der Waals surface area contributed by atoms with Crippen molar-refractivity contribution in [1.29, 1.82) is 0 Å². The largest absolute Gasteiger partial charge is 0.454 e. The maximum Gasteiger partial charge on any atom is 0.231 e. The van der Waals surface area contributed by atoms with Crippen LogP contribution in [-0.2, 0) is 11.3 Å². The number of unbranched alkanes of at least 4 members (excludes halogenated alkanes) is 1. The molecule has 3 aromatic rings. The normalized spacial score (nSPS) is 13.6. The molecule has 1 N–H and O–H groups in total. The summed E-state index contributed by atoms with van der Waals surface area (Å²) in [6, 6.07) is 14.4. The molecule has 0 saturated carbocycles. The molecule has 2 heterocycles. The van der Waals surface area contributed by atoms with Crippen molar-refractivity contribution in [3.8, 4) is 11.5 Å². The number of carbonyl (C=O) groups excluding carboxylic acids is 1. The van der Waals surface area contributed by atoms with Crippen LogP contribution < -0.4 is 14.8 Å². The standard InChI is InChI=1S/C24H28N2O3/c1-3-5-12-25-24(27)14-19(17-10-11-22-23(13-17)29-16-28-22)20-15-26(4-2)21-9-7-6-8-18(20)21/h6-11,13,15,19H,3-5,12,14,16H2,1-2H3,(H,25,27)/t19-/m1/s1. The summed E-state index contributed by atoms with van der Waals surface area (Å²) in [5.41, 5.74) is 3.44. The number of aromatic nitrogens is 1. The molecule has 0 unspecified atom stereocenters. The van der Waals surface area contributed by atoms with Gasteiger partial charge in [0.05, 0.1) is 0 Å². The molecule has 1 amide bonds. The fourth-order valence-corrected chi connectivity index (χ4v) is 4.01. The predicted molar refractivity (Wildman–Crippen MR) is 115 cm³/mol. The molecular formula is C24H28N2O3. The Balaban J connectivity index is 1.73. The maximum absolute atomic E-state index is 12.7. The van der Waals surface area contributed by atoms with Gasteiger partial charge in [-0.1, -0.05) is 37.6 Å². The van der Waals surface area contributed by atoms with E-state index < -0.39 is 0 Å². The van der Waals surface area contributed by atoms with Crippen LogP contribution in [0.15, 0.2) is 48.7 Å². The predicted octanol–water partition coefficient (Wildman–Crippen LogP) is 4.83. The van der Waals surface area contributed by atoms with Crippen LogP contribution in [0.1, 0.15) is 50.2 Å². The third-order valence-corrected chi connectivity index (χ3v) is 5.58. The zero-order valence-corrected chi connectivity index (χ0v) is 17.1. The van der Waals surface area contributed by atoms with E-state index in [-0.39, 0.29) is 18.6 Å². The number of nitrogens with zero attached hydrogens (tertiary/aromatic N) is 1. The third kappa shape index (κ3) is 3.95. The van der Waals surface area contributed by atoms with Crippen LogP contribution in [0.4, 0.5) is 0 Å². The minimum Gasteiger partial charge on any atom is -0.454 e. The summed E-state index contributed by atoms with van der Waals surface area (Å²) in [5.74, 6) is 1.53. The van der Waals surface area contributed by atoms with Gasteiger partial charge in [-0.2, -0.15) is 0 Å². The number of aryl methyl sites for hydroxylation is 1. The van der Waals surface area contributed by atoms with Gasteiger partial charge in [-0.15, -0.1) is 0 Å². The highest BCUT2D eigenvalue weighted by atomic mass is 16.7. The van der Waals surface area contributed by atoms with Crippen LogP contribution in [0.25, 0.3) is 10.9 Å². The first-order valence-electron chi connectivity index (χ1n) is 10.4. The third-order valence-electron chi connectivity index (χ3n) is 5.58. The Labute approximate surface area is 171 Å². The first-order chi connectivity index (χ1) is 14.2. The number of benzene rings is 2. The second-order valence-corrected chi connectivity index (χ2v) is 7.46. The monoisotopic (exact) mass is 392 g/mol. The van der Waals surface area contributed by atoms with Crippen LogP contribution in [0.2, 0.25) is 0 Å². The molecule has 1 aromatic heterocycles. The van der Waals surface area contributed by atoms with Gasteiger partial charge in [-0.3, -0.25) is 4.79 Å². The molecule has 5 heteroatoms. The summed E-state index contributed by atoms with van der Waals surface area (Å²) in [4.78, 5) is 12.7. The van der Waals surface area contributed by atoms with Crippen molar-refractivity contribution in [2.75, 3.05) is 13.3 Å². The number of hydrogen-bond acceptors (Lipinski definition) is 3. The molecule has 1 aliphatic rings. The highest BCUT2D eigenvalue weighted by molar-refractivity contribution is 5.86. The molecule has 0 saturated heterocycles. The number of nitrogens with one attached hydrogen (secondary N) is 1. The Morgan fingerprint density at radius 3 is 2.79 bits per heavy atom. The lowest BCUT2D eigenvalue weighted by Gasteiger charge is -2.18. The summed E-state index contributed by atoms with van der Waals surface area (Å²) >= 11 is 0. The second kappa shape index (κ2) is 8.60. The average Bonchev–Trinajstić information content (AvgIpc) is 3.36. The number of fused-ring (bicyclic) bond motifs is 2. The van der Waals surface area contributed by atoms with Gasteiger partial charge >= 0.3 is 0 Å². The SMILES string of the molecule is CCCCNC(=O)C[C@H](c1ccc2c(c1)OCO2)c1cn(CC)c2ccccc12. The minimum absolute atomic E-state index is 0.0520. The Morgan fingerprint density at radius 2 is 1.97 bits per heavy atom. The zero-order valence-electron chi connectivity index (χ0n) is 17.1. The van der Waals surface area contributed by atoms with E-state index in [1.807, 2.05) is 12.1 Å². The first-order valence-corrected chi connectivity index (χ1v) is 10.4. The van der Waals surface area contributed by atoms with Crippen LogP contribution >= 0.6 is 0 Å². The fourth-order valence-electron chi connectivity index (χ4n) is 4.01. The van der Waals surface area contributed by atoms with Crippen LogP contribution in [0.3, 0.4) is 0 Å². The fraction of sp³-hybridized carbons (Fsp3) is 0.375. The van der Waals surface area contributed by atoms with Gasteiger partial charge in [0.25, 0.3) is 0 Å². The van der Waals surface area contributed by atoms with Crippen molar-refractivity contribution in [2.45, 2.75) is 45.6 Å². The molecule has 29 heavy (non-hydrogen) atoms. The van der Waals surface area contributed by atoms with Crippen molar-refractivity contribution in [2.24, 2.45) is 0 Å². The number of amides is 1. The Bertz CT molecular complexity index is 1010. The van der Waals surface area contributed by atoms with Gasteiger partial charge in [-0.05, 0) is 42.7 Å². The van der Waals surface area contributed by atoms with E-state index in [2.05, 4.69) is 60.3 Å². The van der Waals surface area contributed by atoms with Crippen molar-refractivity contribution >= 4 is 16.8 Å². The zero-order chi connectivity index (χ0) is 20.2. The summed E-state index contributed by atoms with van der Waals surface area (Å²) < 4.78 is 13.3. The topological polar surface area (TPSA) is 52.5 Å². The van der Waals surface area contributed by atoms with E-state index in [1.54, 1.807) is 0 Å². The smallest absolute Gasteiger partial charge is 0.231 e. The molecule has 0 bridgehead atoms. The van der Waals surface area contributed by atoms with Crippen LogP contribution in [-0.4, -0.2) is 23.8 Å². The number of hydrogen-bond donors (Lipinski definition) is 1. The van der Waals surface area contributed by atoms with E-state index in [0.717, 1.165) is 43.0 Å². The first kappa shape index (κ1) is 19.4. The summed E-state index contributed by atoms with van der Waals surface area (Å²) in [6.07, 6.45) is 4.66. The van der Waals surface area contributed by atoms with Gasteiger partial charge in [0, 0.05) is 42.5 Å². The quantitative estimate of drug-likeness (QED) is 0.559. The van der Waals surface area contributed by atoms with Gasteiger partial charge in [-0.25, -0.2) is 0 Å². The molecule has 1 aliphatic heterocycles. The molecule has 0 radical (unpaired) electrons. The van der Waals surface area contributed by atoms with Crippen LogP contribution in [0, 0.1) is 0 Å². The van der Waals surface area contributed by atoms with Crippen molar-refractivity contribution in [1.82, 2.24) is 9.88 Å². The van der Waals surface area contributed by atoms with Gasteiger partial charge in [0.1, 0.15) is 0 Å². The van der Waals surface area contributed by atoms with Crippen molar-refractivity contribution in [3.05, 3.63) is 59.8 Å². The molecule has 0 aliphatic carbocycles. The average molecular weight is 392 g/mol. The summed E-state index contributed by atoms with van der Waals surface area (Å²) in [7, 11) is 0. The molecule has 4 rings (SSSR count). The van der Waals surface area contributed by atoms with Gasteiger partial charge in [0.2, 0.25) is 12.7 Å². The Kier molecular flexibility index (Phi) is 5.74. The van der Waals surface area contributed by atoms with Gasteiger partial charge in [0.15, 0.2) is 11.5 Å². The Morgan fingerprint density at radius 1 is 1.14 bits per heavy atom. The summed E-state index contributed by atoms with van der Waals surface area (Å²) in [6.45, 7) is 6.12.